The van der Waals surface area contributed by atoms with Gasteiger partial charge in [0.1, 0.15) is 0 Å². The molecule has 0 aromatic heterocycles. The average molecular weight is 333 g/mol. The molecule has 1 aromatic rings. The topological polar surface area (TPSA) is 78.4 Å². The van der Waals surface area contributed by atoms with Gasteiger partial charge in [0.15, 0.2) is 0 Å². The van der Waals surface area contributed by atoms with Crippen molar-refractivity contribution in [2.24, 2.45) is 0 Å². The quantitative estimate of drug-likeness (QED) is 0.385. The number of nitrogens with one attached hydrogen (secondary N) is 2. The Balaban J connectivity index is 2.18. The largest absolute Gasteiger partial charge is 0.326 e. The second kappa shape index (κ2) is 9.60. The lowest BCUT2D eigenvalue weighted by Gasteiger charge is -2.06. The third kappa shape index (κ3) is 7.90. The van der Waals surface area contributed by atoms with E-state index in [1.54, 1.807) is 23.7 Å². The Bertz CT molecular complexity index is 475. The van der Waals surface area contributed by atoms with E-state index in [-0.39, 0.29) is 11.8 Å². The zero-order valence-corrected chi connectivity index (χ0v) is 13.0. The predicted octanol–water partition coefficient (Wildman–Crippen LogP) is 3.78. The van der Waals surface area contributed by atoms with Crippen molar-refractivity contribution in [2.45, 2.75) is 38.5 Å². The Morgan fingerprint density at radius 3 is 1.95 bits per heavy atom. The van der Waals surface area contributed by atoms with Crippen molar-refractivity contribution >= 4 is 40.7 Å². The predicted molar refractivity (Wildman–Crippen MR) is 82.7 cm³/mol. The number of anilines is 1. The van der Waals surface area contributed by atoms with Gasteiger partial charge in [-0.25, -0.2) is 5.48 Å². The van der Waals surface area contributed by atoms with Crippen molar-refractivity contribution in [1.29, 1.82) is 0 Å². The normalized spacial score (nSPS) is 10.2. The van der Waals surface area contributed by atoms with E-state index in [9.17, 15) is 9.59 Å². The number of carbonyl (C=O) groups is 2. The number of hydrogen-bond acceptors (Lipinski definition) is 3. The molecular formula is C14H18Cl2N2O3. The van der Waals surface area contributed by atoms with E-state index in [1.807, 2.05) is 0 Å². The third-order valence-electron chi connectivity index (χ3n) is 2.83. The van der Waals surface area contributed by atoms with Crippen LogP contribution in [-0.2, 0) is 9.59 Å². The van der Waals surface area contributed by atoms with Crippen LogP contribution in [0.15, 0.2) is 18.2 Å². The van der Waals surface area contributed by atoms with Crippen molar-refractivity contribution in [1.82, 2.24) is 5.48 Å². The van der Waals surface area contributed by atoms with Crippen molar-refractivity contribution in [3.8, 4) is 0 Å². The van der Waals surface area contributed by atoms with Crippen molar-refractivity contribution in [3.63, 3.8) is 0 Å². The number of carbonyl (C=O) groups excluding carboxylic acids is 2. The third-order valence-corrected chi connectivity index (χ3v) is 3.27. The molecule has 5 nitrogen and oxygen atoms in total. The van der Waals surface area contributed by atoms with Crippen LogP contribution in [0.25, 0.3) is 0 Å². The minimum absolute atomic E-state index is 0.0959. The maximum Gasteiger partial charge on any atom is 0.243 e. The molecule has 0 atom stereocenters. The van der Waals surface area contributed by atoms with Crippen LogP contribution in [0.5, 0.6) is 0 Å². The van der Waals surface area contributed by atoms with Crippen molar-refractivity contribution < 1.29 is 14.8 Å². The lowest BCUT2D eigenvalue weighted by Crippen LogP contribution is -2.17. The van der Waals surface area contributed by atoms with Gasteiger partial charge in [0.2, 0.25) is 11.8 Å². The molecule has 0 aliphatic rings. The second-order valence-corrected chi connectivity index (χ2v) is 5.53. The first-order valence-corrected chi connectivity index (χ1v) is 7.45. The monoisotopic (exact) mass is 332 g/mol. The van der Waals surface area contributed by atoms with E-state index in [2.05, 4.69) is 5.32 Å². The lowest BCUT2D eigenvalue weighted by atomic mass is 10.1. The maximum absolute atomic E-state index is 11.7. The summed E-state index contributed by atoms with van der Waals surface area (Å²) in [6, 6.07) is 4.87. The molecule has 21 heavy (non-hydrogen) atoms. The van der Waals surface area contributed by atoms with Gasteiger partial charge in [-0.2, -0.15) is 0 Å². The number of halogens is 2. The zero-order valence-electron chi connectivity index (χ0n) is 11.5. The molecule has 0 heterocycles. The molecular weight excluding hydrogens is 315 g/mol. The van der Waals surface area contributed by atoms with Crippen LogP contribution in [0.2, 0.25) is 10.0 Å². The molecule has 7 heteroatoms. The number of unbranched alkanes of at least 4 members (excludes halogenated alkanes) is 3. The first-order valence-electron chi connectivity index (χ1n) is 6.70. The minimum atomic E-state index is -0.384. The van der Waals surface area contributed by atoms with Crippen molar-refractivity contribution in [2.75, 3.05) is 5.32 Å². The van der Waals surface area contributed by atoms with Gasteiger partial charge < -0.3 is 5.32 Å². The summed E-state index contributed by atoms with van der Waals surface area (Å²) in [5.41, 5.74) is 2.17. The smallest absolute Gasteiger partial charge is 0.243 e. The molecule has 0 bridgehead atoms. The van der Waals surface area contributed by atoms with E-state index < -0.39 is 0 Å². The summed E-state index contributed by atoms with van der Waals surface area (Å²) in [7, 11) is 0. The van der Waals surface area contributed by atoms with Crippen LogP contribution in [0.4, 0.5) is 5.69 Å². The number of hydroxylamine groups is 1. The highest BCUT2D eigenvalue weighted by molar-refractivity contribution is 6.35. The summed E-state index contributed by atoms with van der Waals surface area (Å²) in [5, 5.41) is 12.0. The van der Waals surface area contributed by atoms with Crippen LogP contribution in [0, 0.1) is 0 Å². The van der Waals surface area contributed by atoms with Gasteiger partial charge in [-0.15, -0.1) is 0 Å². The van der Waals surface area contributed by atoms with Crippen LogP contribution in [0.1, 0.15) is 38.5 Å². The Morgan fingerprint density at radius 1 is 0.905 bits per heavy atom. The van der Waals surface area contributed by atoms with E-state index in [0.29, 0.717) is 35.0 Å². The molecule has 0 aliphatic heterocycles. The fraction of sp³-hybridized carbons (Fsp3) is 0.429. The van der Waals surface area contributed by atoms with Gasteiger partial charge in [-0.1, -0.05) is 36.0 Å². The standard InChI is InChI=1S/C14H18Cl2N2O3/c15-10-7-11(16)9-12(8-10)17-13(19)5-3-1-2-4-6-14(20)18-21/h7-9,21H,1-6H2,(H,17,19)(H,18,20). The van der Waals surface area contributed by atoms with E-state index in [4.69, 9.17) is 28.4 Å². The van der Waals surface area contributed by atoms with E-state index in [0.717, 1.165) is 19.3 Å². The van der Waals surface area contributed by atoms with Gasteiger partial charge in [-0.3, -0.25) is 14.8 Å². The second-order valence-electron chi connectivity index (χ2n) is 4.66. The highest BCUT2D eigenvalue weighted by Gasteiger charge is 2.05. The highest BCUT2D eigenvalue weighted by atomic mass is 35.5. The molecule has 0 radical (unpaired) electrons. The maximum atomic E-state index is 11.7. The van der Waals surface area contributed by atoms with E-state index in [1.165, 1.54) is 0 Å². The zero-order chi connectivity index (χ0) is 15.7. The molecule has 1 rings (SSSR count). The average Bonchev–Trinajstić information content (AvgIpc) is 2.41. The minimum Gasteiger partial charge on any atom is -0.326 e. The van der Waals surface area contributed by atoms with Crippen LogP contribution >= 0.6 is 23.2 Å². The fourth-order valence-corrected chi connectivity index (χ4v) is 2.36. The Hall–Kier alpha value is -1.30. The molecule has 0 unspecified atom stereocenters. The summed E-state index contributed by atoms with van der Waals surface area (Å²) in [6.07, 6.45) is 3.81. The Morgan fingerprint density at radius 2 is 1.43 bits per heavy atom. The molecule has 0 saturated carbocycles. The molecule has 0 fully saturated rings. The number of amides is 2. The fourth-order valence-electron chi connectivity index (χ4n) is 1.83. The molecule has 116 valence electrons. The molecule has 0 saturated heterocycles. The van der Waals surface area contributed by atoms with Crippen LogP contribution in [-0.4, -0.2) is 17.0 Å². The highest BCUT2D eigenvalue weighted by Crippen LogP contribution is 2.22. The van der Waals surface area contributed by atoms with Gasteiger partial charge in [-0.05, 0) is 31.0 Å². The summed E-state index contributed by atoms with van der Waals surface area (Å²) in [5.74, 6) is -0.480. The molecule has 0 aliphatic carbocycles. The van der Waals surface area contributed by atoms with Crippen molar-refractivity contribution in [3.05, 3.63) is 28.2 Å². The van der Waals surface area contributed by atoms with Gasteiger partial charge >= 0.3 is 0 Å². The first-order chi connectivity index (χ1) is 10.0. The molecule has 1 aromatic carbocycles. The van der Waals surface area contributed by atoms with E-state index >= 15 is 0 Å². The van der Waals surface area contributed by atoms with Gasteiger partial charge in [0.25, 0.3) is 0 Å². The van der Waals surface area contributed by atoms with Gasteiger partial charge in [0.05, 0.1) is 0 Å². The van der Waals surface area contributed by atoms with Gasteiger partial charge in [0, 0.05) is 28.6 Å². The summed E-state index contributed by atoms with van der Waals surface area (Å²) < 4.78 is 0. The Kier molecular flexibility index (Phi) is 8.12. The number of hydrogen-bond donors (Lipinski definition) is 3. The number of rotatable bonds is 8. The summed E-state index contributed by atoms with van der Waals surface area (Å²) in [4.78, 5) is 22.5. The molecule has 0 spiro atoms. The molecule has 2 amide bonds. The van der Waals surface area contributed by atoms with Crippen LogP contribution in [0.3, 0.4) is 0 Å². The van der Waals surface area contributed by atoms with Crippen LogP contribution < -0.4 is 10.8 Å². The summed E-state index contributed by atoms with van der Waals surface area (Å²) >= 11 is 11.7. The number of benzene rings is 1. The SMILES string of the molecule is O=C(CCCCCCC(=O)Nc1cc(Cl)cc(Cl)c1)NO. The lowest BCUT2D eigenvalue weighted by molar-refractivity contribution is -0.129. The first kappa shape index (κ1) is 17.8. The molecule has 3 N–H and O–H groups in total. The summed E-state index contributed by atoms with van der Waals surface area (Å²) in [6.45, 7) is 0. The Labute approximate surface area is 133 Å².